The molecule has 0 aliphatic carbocycles. The van der Waals surface area contributed by atoms with Gasteiger partial charge in [-0.15, -0.1) is 0 Å². The van der Waals surface area contributed by atoms with Gasteiger partial charge in [0, 0.05) is 12.0 Å². The molecule has 7 nitrogen and oxygen atoms in total. The Kier molecular flexibility index (Phi) is 6.59. The van der Waals surface area contributed by atoms with Crippen LogP contribution < -0.4 is 19.5 Å². The van der Waals surface area contributed by atoms with E-state index >= 15 is 0 Å². The Balaban J connectivity index is 1.53. The van der Waals surface area contributed by atoms with E-state index in [0.29, 0.717) is 24.5 Å². The molecule has 0 fully saturated rings. The standard InChI is InChI=1S/C22H25NO6/c1-14(21(24)23-19-12-13-27-20-7-5-4-6-18(19)20)29-22(25)15(2)28-17-10-8-16(26-3)9-11-17/h4-11,14-15,19H,12-13H2,1-3H3,(H,23,24). The molecule has 0 saturated carbocycles. The second-order valence-corrected chi connectivity index (χ2v) is 6.75. The van der Waals surface area contributed by atoms with Gasteiger partial charge in [-0.1, -0.05) is 18.2 Å². The summed E-state index contributed by atoms with van der Waals surface area (Å²) in [6.07, 6.45) is -1.15. The van der Waals surface area contributed by atoms with Gasteiger partial charge in [-0.3, -0.25) is 4.79 Å². The van der Waals surface area contributed by atoms with Crippen LogP contribution in [0.3, 0.4) is 0 Å². The van der Waals surface area contributed by atoms with Gasteiger partial charge in [-0.25, -0.2) is 4.79 Å². The summed E-state index contributed by atoms with van der Waals surface area (Å²) >= 11 is 0. The molecule has 2 aromatic rings. The van der Waals surface area contributed by atoms with Crippen molar-refractivity contribution >= 4 is 11.9 Å². The Bertz CT molecular complexity index is 851. The molecule has 1 heterocycles. The third-order valence-electron chi connectivity index (χ3n) is 4.64. The van der Waals surface area contributed by atoms with Crippen molar-refractivity contribution < 1.29 is 28.5 Å². The molecule has 0 bridgehead atoms. The lowest BCUT2D eigenvalue weighted by atomic mass is 10.0. The number of ether oxygens (including phenoxy) is 4. The van der Waals surface area contributed by atoms with Gasteiger partial charge in [-0.05, 0) is 44.2 Å². The number of methoxy groups -OCH3 is 1. The van der Waals surface area contributed by atoms with Crippen molar-refractivity contribution in [1.29, 1.82) is 0 Å². The van der Waals surface area contributed by atoms with E-state index in [-0.39, 0.29) is 11.9 Å². The van der Waals surface area contributed by atoms with Crippen LogP contribution in [0.4, 0.5) is 0 Å². The number of hydrogen-bond donors (Lipinski definition) is 1. The first-order valence-electron chi connectivity index (χ1n) is 9.51. The SMILES string of the molecule is COc1ccc(OC(C)C(=O)OC(C)C(=O)NC2CCOc3ccccc32)cc1. The Hall–Kier alpha value is -3.22. The van der Waals surface area contributed by atoms with Crippen LogP contribution in [0.15, 0.2) is 48.5 Å². The normalized spacial score (nSPS) is 17.1. The van der Waals surface area contributed by atoms with Crippen molar-refractivity contribution in [2.24, 2.45) is 0 Å². The first-order valence-corrected chi connectivity index (χ1v) is 9.51. The summed E-state index contributed by atoms with van der Waals surface area (Å²) < 4.78 is 21.6. The van der Waals surface area contributed by atoms with Gasteiger partial charge in [-0.2, -0.15) is 0 Å². The Morgan fingerprint density at radius 2 is 1.72 bits per heavy atom. The van der Waals surface area contributed by atoms with E-state index in [0.717, 1.165) is 11.3 Å². The summed E-state index contributed by atoms with van der Waals surface area (Å²) in [7, 11) is 1.57. The van der Waals surface area contributed by atoms with Crippen LogP contribution in [0, 0.1) is 0 Å². The Morgan fingerprint density at radius 1 is 1.03 bits per heavy atom. The largest absolute Gasteiger partial charge is 0.497 e. The highest BCUT2D eigenvalue weighted by atomic mass is 16.6. The van der Waals surface area contributed by atoms with E-state index in [4.69, 9.17) is 18.9 Å². The highest BCUT2D eigenvalue weighted by Crippen LogP contribution is 2.31. The molecule has 3 unspecified atom stereocenters. The number of fused-ring (bicyclic) bond motifs is 1. The lowest BCUT2D eigenvalue weighted by Gasteiger charge is -2.27. The molecule has 1 N–H and O–H groups in total. The summed E-state index contributed by atoms with van der Waals surface area (Å²) in [6, 6.07) is 14.2. The van der Waals surface area contributed by atoms with Gasteiger partial charge in [0.1, 0.15) is 17.2 Å². The number of benzene rings is 2. The fraction of sp³-hybridized carbons (Fsp3) is 0.364. The first-order chi connectivity index (χ1) is 14.0. The topological polar surface area (TPSA) is 83.1 Å². The van der Waals surface area contributed by atoms with Gasteiger partial charge in [0.05, 0.1) is 19.8 Å². The lowest BCUT2D eigenvalue weighted by Crippen LogP contribution is -2.41. The summed E-state index contributed by atoms with van der Waals surface area (Å²) in [5, 5.41) is 2.93. The highest BCUT2D eigenvalue weighted by Gasteiger charge is 2.27. The maximum absolute atomic E-state index is 12.5. The smallest absolute Gasteiger partial charge is 0.347 e. The van der Waals surface area contributed by atoms with Crippen molar-refractivity contribution in [3.63, 3.8) is 0 Å². The third kappa shape index (κ3) is 5.19. The molecule has 0 radical (unpaired) electrons. The quantitative estimate of drug-likeness (QED) is 0.721. The second kappa shape index (κ2) is 9.32. The molecule has 0 saturated heterocycles. The van der Waals surface area contributed by atoms with Crippen LogP contribution in [-0.2, 0) is 14.3 Å². The fourth-order valence-electron chi connectivity index (χ4n) is 3.01. The summed E-state index contributed by atoms with van der Waals surface area (Å²) in [6.45, 7) is 3.63. The third-order valence-corrected chi connectivity index (χ3v) is 4.64. The molecular formula is C22H25NO6. The van der Waals surface area contributed by atoms with Gasteiger partial charge >= 0.3 is 5.97 Å². The molecular weight excluding hydrogens is 374 g/mol. The number of carbonyl (C=O) groups excluding carboxylic acids is 2. The average Bonchev–Trinajstić information content (AvgIpc) is 2.74. The number of nitrogens with one attached hydrogen (secondary N) is 1. The van der Waals surface area contributed by atoms with E-state index in [1.54, 1.807) is 45.2 Å². The monoisotopic (exact) mass is 399 g/mol. The molecule has 3 rings (SSSR count). The fourth-order valence-corrected chi connectivity index (χ4v) is 3.01. The van der Waals surface area contributed by atoms with Crippen LogP contribution in [0.5, 0.6) is 17.2 Å². The number of rotatable bonds is 7. The van der Waals surface area contributed by atoms with Crippen LogP contribution in [0.1, 0.15) is 31.9 Å². The van der Waals surface area contributed by atoms with Crippen LogP contribution in [-0.4, -0.2) is 37.8 Å². The van der Waals surface area contributed by atoms with Gasteiger partial charge in [0.2, 0.25) is 0 Å². The second-order valence-electron chi connectivity index (χ2n) is 6.75. The molecule has 2 aromatic carbocycles. The average molecular weight is 399 g/mol. The van der Waals surface area contributed by atoms with E-state index < -0.39 is 18.2 Å². The molecule has 0 aromatic heterocycles. The number of amides is 1. The number of esters is 1. The summed E-state index contributed by atoms with van der Waals surface area (Å²) in [5.41, 5.74) is 0.918. The molecule has 29 heavy (non-hydrogen) atoms. The number of carbonyl (C=O) groups is 2. The predicted molar refractivity (Wildman–Crippen MR) is 106 cm³/mol. The van der Waals surface area contributed by atoms with E-state index in [9.17, 15) is 9.59 Å². The van der Waals surface area contributed by atoms with Crippen molar-refractivity contribution in [2.45, 2.75) is 38.5 Å². The summed E-state index contributed by atoms with van der Waals surface area (Å²) in [4.78, 5) is 24.8. The maximum Gasteiger partial charge on any atom is 0.347 e. The molecule has 7 heteroatoms. The Morgan fingerprint density at radius 3 is 2.45 bits per heavy atom. The molecule has 1 amide bonds. The van der Waals surface area contributed by atoms with Gasteiger partial charge < -0.3 is 24.3 Å². The van der Waals surface area contributed by atoms with Crippen LogP contribution in [0.2, 0.25) is 0 Å². The van der Waals surface area contributed by atoms with Gasteiger partial charge in [0.15, 0.2) is 12.2 Å². The minimum absolute atomic E-state index is 0.179. The minimum atomic E-state index is -0.945. The van der Waals surface area contributed by atoms with Crippen molar-refractivity contribution in [1.82, 2.24) is 5.32 Å². The van der Waals surface area contributed by atoms with Crippen LogP contribution in [0.25, 0.3) is 0 Å². The summed E-state index contributed by atoms with van der Waals surface area (Å²) in [5.74, 6) is 0.974. The lowest BCUT2D eigenvalue weighted by molar-refractivity contribution is -0.161. The first kappa shape index (κ1) is 20.5. The molecule has 0 spiro atoms. The van der Waals surface area contributed by atoms with Crippen LogP contribution >= 0.6 is 0 Å². The van der Waals surface area contributed by atoms with E-state index in [2.05, 4.69) is 5.32 Å². The zero-order valence-electron chi connectivity index (χ0n) is 16.7. The van der Waals surface area contributed by atoms with Crippen molar-refractivity contribution in [3.8, 4) is 17.2 Å². The van der Waals surface area contributed by atoms with Crippen molar-refractivity contribution in [2.75, 3.05) is 13.7 Å². The minimum Gasteiger partial charge on any atom is -0.497 e. The zero-order valence-corrected chi connectivity index (χ0v) is 16.7. The van der Waals surface area contributed by atoms with Gasteiger partial charge in [0.25, 0.3) is 5.91 Å². The highest BCUT2D eigenvalue weighted by molar-refractivity contribution is 5.84. The van der Waals surface area contributed by atoms with Crippen molar-refractivity contribution in [3.05, 3.63) is 54.1 Å². The molecule has 1 aliphatic heterocycles. The molecule has 154 valence electrons. The number of para-hydroxylation sites is 1. The number of hydrogen-bond acceptors (Lipinski definition) is 6. The zero-order chi connectivity index (χ0) is 20.8. The molecule has 3 atom stereocenters. The Labute approximate surface area is 169 Å². The molecule has 1 aliphatic rings. The van der Waals surface area contributed by atoms with E-state index in [1.807, 2.05) is 24.3 Å². The maximum atomic E-state index is 12.5. The predicted octanol–water partition coefficient (Wildman–Crippen LogP) is 3.03. The van der Waals surface area contributed by atoms with E-state index in [1.165, 1.54) is 0 Å².